The maximum absolute atomic E-state index is 13.6. The van der Waals surface area contributed by atoms with Crippen LogP contribution >= 0.6 is 12.2 Å². The highest BCUT2D eigenvalue weighted by Crippen LogP contribution is 2.18. The van der Waals surface area contributed by atoms with Crippen molar-refractivity contribution in [2.45, 2.75) is 25.4 Å². The van der Waals surface area contributed by atoms with Crippen molar-refractivity contribution in [3.63, 3.8) is 0 Å². The number of halogens is 1. The summed E-state index contributed by atoms with van der Waals surface area (Å²) in [6, 6.07) is 4.50. The van der Waals surface area contributed by atoms with Gasteiger partial charge in [0.25, 0.3) is 0 Å². The minimum atomic E-state index is -0.424. The fourth-order valence-electron chi connectivity index (χ4n) is 1.48. The van der Waals surface area contributed by atoms with Crippen molar-refractivity contribution in [1.82, 2.24) is 10.6 Å². The predicted octanol–water partition coefficient (Wildman–Crippen LogP) is 1.42. The highest BCUT2D eigenvalue weighted by atomic mass is 32.1. The summed E-state index contributed by atoms with van der Waals surface area (Å²) in [7, 11) is 0. The van der Waals surface area contributed by atoms with Crippen molar-refractivity contribution >= 4 is 23.2 Å². The average Bonchev–Trinajstić information content (AvgIpc) is 3.11. The molecule has 96 valence electrons. The van der Waals surface area contributed by atoms with Gasteiger partial charge >= 0.3 is 6.03 Å². The standard InChI is InChI=1S/C12H14FN3OS/c13-10-5-7(11(14)18)1-2-8(10)6-15-12(17)16-9-3-4-9/h1-2,5,9H,3-4,6H2,(H2,14,18)(H2,15,16,17). The zero-order chi connectivity index (χ0) is 13.1. The van der Waals surface area contributed by atoms with Crippen LogP contribution in [0.3, 0.4) is 0 Å². The van der Waals surface area contributed by atoms with E-state index in [2.05, 4.69) is 10.6 Å². The third-order valence-corrected chi connectivity index (χ3v) is 2.93. The number of nitrogens with one attached hydrogen (secondary N) is 2. The van der Waals surface area contributed by atoms with Gasteiger partial charge in [0, 0.05) is 23.7 Å². The van der Waals surface area contributed by atoms with Gasteiger partial charge in [0.2, 0.25) is 0 Å². The Balaban J connectivity index is 1.92. The molecule has 0 aliphatic heterocycles. The molecule has 1 aromatic carbocycles. The quantitative estimate of drug-likeness (QED) is 0.723. The van der Waals surface area contributed by atoms with Crippen molar-refractivity contribution < 1.29 is 9.18 Å². The molecule has 0 unspecified atom stereocenters. The molecule has 1 aliphatic carbocycles. The number of amides is 2. The molecule has 0 aromatic heterocycles. The Morgan fingerprint density at radius 1 is 1.50 bits per heavy atom. The summed E-state index contributed by atoms with van der Waals surface area (Å²) in [5, 5.41) is 5.37. The van der Waals surface area contributed by atoms with E-state index in [0.717, 1.165) is 12.8 Å². The molecule has 0 radical (unpaired) electrons. The molecule has 1 aromatic rings. The van der Waals surface area contributed by atoms with E-state index in [0.29, 0.717) is 11.1 Å². The first-order valence-corrected chi connectivity index (χ1v) is 6.09. The van der Waals surface area contributed by atoms with E-state index in [9.17, 15) is 9.18 Å². The first-order valence-electron chi connectivity index (χ1n) is 5.69. The molecule has 0 bridgehead atoms. The highest BCUT2D eigenvalue weighted by Gasteiger charge is 2.23. The van der Waals surface area contributed by atoms with Gasteiger partial charge in [0.15, 0.2) is 0 Å². The van der Waals surface area contributed by atoms with Crippen LogP contribution in [0.2, 0.25) is 0 Å². The van der Waals surface area contributed by atoms with E-state index in [1.54, 1.807) is 12.1 Å². The van der Waals surface area contributed by atoms with Gasteiger partial charge in [-0.05, 0) is 18.9 Å². The van der Waals surface area contributed by atoms with Crippen molar-refractivity contribution in [2.75, 3.05) is 0 Å². The van der Waals surface area contributed by atoms with Crippen LogP contribution in [0.15, 0.2) is 18.2 Å². The Bertz CT molecular complexity index is 488. The van der Waals surface area contributed by atoms with E-state index in [-0.39, 0.29) is 23.6 Å². The molecular formula is C12H14FN3OS. The SMILES string of the molecule is NC(=S)c1ccc(CNC(=O)NC2CC2)c(F)c1. The number of carbonyl (C=O) groups is 1. The van der Waals surface area contributed by atoms with E-state index in [4.69, 9.17) is 18.0 Å². The summed E-state index contributed by atoms with van der Waals surface area (Å²) in [6.07, 6.45) is 2.04. The van der Waals surface area contributed by atoms with Crippen molar-refractivity contribution in [3.05, 3.63) is 35.1 Å². The lowest BCUT2D eigenvalue weighted by Gasteiger charge is -2.08. The van der Waals surface area contributed by atoms with Crippen LogP contribution < -0.4 is 16.4 Å². The first kappa shape index (κ1) is 12.8. The van der Waals surface area contributed by atoms with E-state index in [1.807, 2.05) is 0 Å². The fraction of sp³-hybridized carbons (Fsp3) is 0.333. The minimum absolute atomic E-state index is 0.141. The summed E-state index contributed by atoms with van der Waals surface area (Å²) in [6.45, 7) is 0.141. The molecule has 1 aliphatic rings. The van der Waals surface area contributed by atoms with Gasteiger partial charge in [0.1, 0.15) is 10.8 Å². The van der Waals surface area contributed by atoms with Gasteiger partial charge in [-0.15, -0.1) is 0 Å². The zero-order valence-corrected chi connectivity index (χ0v) is 10.5. The number of nitrogens with two attached hydrogens (primary N) is 1. The molecule has 0 atom stereocenters. The molecule has 1 saturated carbocycles. The van der Waals surface area contributed by atoms with Gasteiger partial charge in [-0.25, -0.2) is 9.18 Å². The summed E-state index contributed by atoms with van der Waals surface area (Å²) in [4.78, 5) is 11.5. The Morgan fingerprint density at radius 3 is 2.78 bits per heavy atom. The molecule has 0 saturated heterocycles. The van der Waals surface area contributed by atoms with Crippen LogP contribution in [0.4, 0.5) is 9.18 Å². The maximum Gasteiger partial charge on any atom is 0.315 e. The zero-order valence-electron chi connectivity index (χ0n) is 9.70. The van der Waals surface area contributed by atoms with Gasteiger partial charge in [-0.3, -0.25) is 0 Å². The summed E-state index contributed by atoms with van der Waals surface area (Å²) in [5.41, 5.74) is 6.29. The van der Waals surface area contributed by atoms with Crippen molar-refractivity contribution in [1.29, 1.82) is 0 Å². The number of rotatable bonds is 4. The topological polar surface area (TPSA) is 67.1 Å². The molecule has 1 fully saturated rings. The molecular weight excluding hydrogens is 253 g/mol. The van der Waals surface area contributed by atoms with Crippen LogP contribution in [0, 0.1) is 5.82 Å². The number of urea groups is 1. The maximum atomic E-state index is 13.6. The van der Waals surface area contributed by atoms with Crippen LogP contribution in [0.1, 0.15) is 24.0 Å². The second kappa shape index (κ2) is 5.30. The Morgan fingerprint density at radius 2 is 2.22 bits per heavy atom. The number of thiocarbonyl (C=S) groups is 1. The molecule has 2 rings (SSSR count). The van der Waals surface area contributed by atoms with Gasteiger partial charge in [-0.2, -0.15) is 0 Å². The summed E-state index contributed by atoms with van der Waals surface area (Å²) >= 11 is 4.76. The second-order valence-corrected chi connectivity index (χ2v) is 4.71. The number of carbonyl (C=O) groups excluding carboxylic acids is 1. The predicted molar refractivity (Wildman–Crippen MR) is 70.7 cm³/mol. The van der Waals surface area contributed by atoms with E-state index >= 15 is 0 Å². The molecule has 0 heterocycles. The van der Waals surface area contributed by atoms with Gasteiger partial charge in [-0.1, -0.05) is 24.4 Å². The Hall–Kier alpha value is -1.69. The molecule has 2 amide bonds. The molecule has 18 heavy (non-hydrogen) atoms. The summed E-state index contributed by atoms with van der Waals surface area (Å²) in [5.74, 6) is -0.424. The van der Waals surface area contributed by atoms with Crippen LogP contribution in [0.5, 0.6) is 0 Å². The third-order valence-electron chi connectivity index (χ3n) is 2.69. The molecule has 6 heteroatoms. The Kier molecular flexibility index (Phi) is 3.76. The minimum Gasteiger partial charge on any atom is -0.389 e. The lowest BCUT2D eigenvalue weighted by molar-refractivity contribution is 0.240. The van der Waals surface area contributed by atoms with Crippen LogP contribution in [-0.4, -0.2) is 17.1 Å². The lowest BCUT2D eigenvalue weighted by Crippen LogP contribution is -2.36. The van der Waals surface area contributed by atoms with Crippen LogP contribution in [0.25, 0.3) is 0 Å². The number of hydrogen-bond acceptors (Lipinski definition) is 2. The monoisotopic (exact) mass is 267 g/mol. The smallest absolute Gasteiger partial charge is 0.315 e. The Labute approximate surface area is 110 Å². The number of hydrogen-bond donors (Lipinski definition) is 3. The second-order valence-electron chi connectivity index (χ2n) is 4.27. The summed E-state index contributed by atoms with van der Waals surface area (Å²) < 4.78 is 13.6. The van der Waals surface area contributed by atoms with E-state index in [1.165, 1.54) is 6.07 Å². The molecule has 0 spiro atoms. The highest BCUT2D eigenvalue weighted by molar-refractivity contribution is 7.80. The largest absolute Gasteiger partial charge is 0.389 e. The van der Waals surface area contributed by atoms with Crippen molar-refractivity contribution in [2.24, 2.45) is 5.73 Å². The lowest BCUT2D eigenvalue weighted by atomic mass is 10.1. The number of benzene rings is 1. The molecule has 4 N–H and O–H groups in total. The van der Waals surface area contributed by atoms with Crippen LogP contribution in [-0.2, 0) is 6.54 Å². The average molecular weight is 267 g/mol. The van der Waals surface area contributed by atoms with Gasteiger partial charge in [0.05, 0.1) is 0 Å². The normalized spacial score (nSPS) is 14.1. The first-order chi connectivity index (χ1) is 8.56. The van der Waals surface area contributed by atoms with E-state index < -0.39 is 5.82 Å². The van der Waals surface area contributed by atoms with Crippen molar-refractivity contribution in [3.8, 4) is 0 Å². The fourth-order valence-corrected chi connectivity index (χ4v) is 1.61. The molecule has 4 nitrogen and oxygen atoms in total. The van der Waals surface area contributed by atoms with Gasteiger partial charge < -0.3 is 16.4 Å². The third kappa shape index (κ3) is 3.40.